The first-order valence-corrected chi connectivity index (χ1v) is 7.89. The molecule has 0 aromatic carbocycles. The normalized spacial score (nSPS) is 20.3. The third kappa shape index (κ3) is 5.83. The molecule has 0 bridgehead atoms. The third-order valence-electron chi connectivity index (χ3n) is 3.64. The number of ether oxygens (including phenoxy) is 2. The second kappa shape index (κ2) is 7.31. The molecule has 0 spiro atoms. The first-order chi connectivity index (χ1) is 10.0. The molecular formula is C16H30N2O4. The van der Waals surface area contributed by atoms with Crippen LogP contribution in [0.15, 0.2) is 0 Å². The van der Waals surface area contributed by atoms with Gasteiger partial charge in [-0.05, 0) is 53.9 Å². The molecule has 128 valence electrons. The number of carbonyl (C=O) groups excluding carboxylic acids is 2. The number of hydrogen-bond donors (Lipinski definition) is 1. The lowest BCUT2D eigenvalue weighted by Gasteiger charge is -2.29. The molecule has 1 fully saturated rings. The molecule has 1 saturated heterocycles. The summed E-state index contributed by atoms with van der Waals surface area (Å²) in [6.07, 6.45) is 2.33. The Balaban J connectivity index is 2.56. The first-order valence-electron chi connectivity index (χ1n) is 7.89. The van der Waals surface area contributed by atoms with Crippen molar-refractivity contribution in [2.24, 2.45) is 0 Å². The SMILES string of the molecule is COC(=O)C(C)(C)NC1CCCN(C(=O)OC(C)(C)C)CC1. The number of carbonyl (C=O) groups is 2. The average Bonchev–Trinajstić information content (AvgIpc) is 2.60. The molecule has 1 amide bonds. The lowest BCUT2D eigenvalue weighted by Crippen LogP contribution is -2.52. The van der Waals surface area contributed by atoms with E-state index in [1.165, 1.54) is 7.11 Å². The van der Waals surface area contributed by atoms with E-state index in [4.69, 9.17) is 9.47 Å². The highest BCUT2D eigenvalue weighted by molar-refractivity contribution is 5.79. The van der Waals surface area contributed by atoms with Gasteiger partial charge in [0.25, 0.3) is 0 Å². The molecule has 0 radical (unpaired) electrons. The van der Waals surface area contributed by atoms with E-state index in [0.717, 1.165) is 19.3 Å². The van der Waals surface area contributed by atoms with Crippen molar-refractivity contribution >= 4 is 12.1 Å². The highest BCUT2D eigenvalue weighted by Crippen LogP contribution is 2.18. The van der Waals surface area contributed by atoms with E-state index in [0.29, 0.717) is 13.1 Å². The highest BCUT2D eigenvalue weighted by atomic mass is 16.6. The monoisotopic (exact) mass is 314 g/mol. The smallest absolute Gasteiger partial charge is 0.410 e. The Bertz CT molecular complexity index is 401. The molecule has 1 N–H and O–H groups in total. The molecule has 1 aliphatic rings. The summed E-state index contributed by atoms with van der Waals surface area (Å²) < 4.78 is 10.2. The lowest BCUT2D eigenvalue weighted by molar-refractivity contribution is -0.147. The van der Waals surface area contributed by atoms with Crippen molar-refractivity contribution in [3.05, 3.63) is 0 Å². The van der Waals surface area contributed by atoms with Crippen molar-refractivity contribution in [3.8, 4) is 0 Å². The number of nitrogens with zero attached hydrogens (tertiary/aromatic N) is 1. The van der Waals surface area contributed by atoms with Gasteiger partial charge in [0, 0.05) is 19.1 Å². The Hall–Kier alpha value is -1.30. The molecule has 0 aromatic rings. The second-order valence-corrected chi connectivity index (χ2v) is 7.36. The Morgan fingerprint density at radius 3 is 2.27 bits per heavy atom. The highest BCUT2D eigenvalue weighted by Gasteiger charge is 2.32. The fourth-order valence-electron chi connectivity index (χ4n) is 2.57. The van der Waals surface area contributed by atoms with Gasteiger partial charge in [-0.15, -0.1) is 0 Å². The molecule has 0 aliphatic carbocycles. The van der Waals surface area contributed by atoms with Crippen LogP contribution in [0.4, 0.5) is 4.79 Å². The molecule has 6 nitrogen and oxygen atoms in total. The zero-order chi connectivity index (χ0) is 17.0. The van der Waals surface area contributed by atoms with E-state index in [9.17, 15) is 9.59 Å². The summed E-state index contributed by atoms with van der Waals surface area (Å²) in [5.41, 5.74) is -1.20. The van der Waals surface area contributed by atoms with E-state index >= 15 is 0 Å². The molecule has 1 atom stereocenters. The topological polar surface area (TPSA) is 67.9 Å². The Morgan fingerprint density at radius 1 is 1.09 bits per heavy atom. The fraction of sp³-hybridized carbons (Fsp3) is 0.875. The number of rotatable bonds is 3. The average molecular weight is 314 g/mol. The van der Waals surface area contributed by atoms with E-state index in [1.54, 1.807) is 4.90 Å². The van der Waals surface area contributed by atoms with Crippen molar-refractivity contribution in [2.45, 2.75) is 71.1 Å². The Labute approximate surface area is 133 Å². The maximum atomic E-state index is 12.1. The van der Waals surface area contributed by atoms with Crippen molar-refractivity contribution in [3.63, 3.8) is 0 Å². The van der Waals surface area contributed by atoms with Crippen LogP contribution in [0.3, 0.4) is 0 Å². The lowest BCUT2D eigenvalue weighted by atomic mass is 10.0. The van der Waals surface area contributed by atoms with Crippen LogP contribution in [0.5, 0.6) is 0 Å². The molecule has 1 rings (SSSR count). The van der Waals surface area contributed by atoms with E-state index in [1.807, 2.05) is 34.6 Å². The molecule has 1 unspecified atom stereocenters. The van der Waals surface area contributed by atoms with Crippen LogP contribution in [0.1, 0.15) is 53.9 Å². The summed E-state index contributed by atoms with van der Waals surface area (Å²) >= 11 is 0. The summed E-state index contributed by atoms with van der Waals surface area (Å²) in [6, 6.07) is 0.182. The number of methoxy groups -OCH3 is 1. The number of likely N-dealkylation sites (tertiary alicyclic amines) is 1. The summed E-state index contributed by atoms with van der Waals surface area (Å²) in [5.74, 6) is -0.277. The molecule has 1 heterocycles. The van der Waals surface area contributed by atoms with Gasteiger partial charge in [0.05, 0.1) is 7.11 Å². The van der Waals surface area contributed by atoms with E-state index < -0.39 is 11.1 Å². The van der Waals surface area contributed by atoms with Crippen molar-refractivity contribution < 1.29 is 19.1 Å². The van der Waals surface area contributed by atoms with Gasteiger partial charge in [-0.2, -0.15) is 0 Å². The molecule has 22 heavy (non-hydrogen) atoms. The van der Waals surface area contributed by atoms with Crippen LogP contribution < -0.4 is 5.32 Å². The maximum Gasteiger partial charge on any atom is 0.410 e. The summed E-state index contributed by atoms with van der Waals surface area (Å²) in [7, 11) is 1.39. The third-order valence-corrected chi connectivity index (χ3v) is 3.64. The Morgan fingerprint density at radius 2 is 1.73 bits per heavy atom. The zero-order valence-electron chi connectivity index (χ0n) is 14.7. The van der Waals surface area contributed by atoms with Crippen LogP contribution in [0, 0.1) is 0 Å². The first kappa shape index (κ1) is 18.7. The van der Waals surface area contributed by atoms with Gasteiger partial charge in [0.2, 0.25) is 0 Å². The molecule has 0 saturated carbocycles. The number of amides is 1. The number of nitrogens with one attached hydrogen (secondary N) is 1. The minimum Gasteiger partial charge on any atom is -0.468 e. The van der Waals surface area contributed by atoms with Gasteiger partial charge in [-0.3, -0.25) is 10.1 Å². The second-order valence-electron chi connectivity index (χ2n) is 7.36. The minimum absolute atomic E-state index is 0.182. The van der Waals surface area contributed by atoms with Crippen LogP contribution >= 0.6 is 0 Å². The van der Waals surface area contributed by atoms with Crippen molar-refractivity contribution in [1.29, 1.82) is 0 Å². The zero-order valence-corrected chi connectivity index (χ0v) is 14.7. The predicted molar refractivity (Wildman–Crippen MR) is 84.7 cm³/mol. The predicted octanol–water partition coefficient (Wildman–Crippen LogP) is 2.32. The standard InChI is InChI=1S/C16H30N2O4/c1-15(2,3)22-14(20)18-10-7-8-12(9-11-18)17-16(4,5)13(19)21-6/h12,17H,7-11H2,1-6H3. The van der Waals surface area contributed by atoms with Crippen LogP contribution in [-0.4, -0.2) is 54.3 Å². The maximum absolute atomic E-state index is 12.1. The largest absolute Gasteiger partial charge is 0.468 e. The van der Waals surface area contributed by atoms with E-state index in [-0.39, 0.29) is 18.1 Å². The summed E-state index contributed by atoms with van der Waals surface area (Å²) in [4.78, 5) is 25.6. The fourth-order valence-corrected chi connectivity index (χ4v) is 2.57. The van der Waals surface area contributed by atoms with Gasteiger partial charge in [0.15, 0.2) is 0 Å². The van der Waals surface area contributed by atoms with Crippen LogP contribution in [0.25, 0.3) is 0 Å². The van der Waals surface area contributed by atoms with Crippen molar-refractivity contribution in [2.75, 3.05) is 20.2 Å². The molecule has 6 heteroatoms. The van der Waals surface area contributed by atoms with Crippen molar-refractivity contribution in [1.82, 2.24) is 10.2 Å². The van der Waals surface area contributed by atoms with Crippen LogP contribution in [-0.2, 0) is 14.3 Å². The van der Waals surface area contributed by atoms with Gasteiger partial charge in [0.1, 0.15) is 11.1 Å². The Kier molecular flexibility index (Phi) is 6.23. The van der Waals surface area contributed by atoms with E-state index in [2.05, 4.69) is 5.32 Å². The number of esters is 1. The van der Waals surface area contributed by atoms with Gasteiger partial charge < -0.3 is 14.4 Å². The summed E-state index contributed by atoms with van der Waals surface area (Å²) in [5, 5.41) is 3.34. The molecule has 0 aromatic heterocycles. The molecular weight excluding hydrogens is 284 g/mol. The van der Waals surface area contributed by atoms with Gasteiger partial charge in [-0.1, -0.05) is 0 Å². The minimum atomic E-state index is -0.722. The van der Waals surface area contributed by atoms with Gasteiger partial charge in [-0.25, -0.2) is 4.79 Å². The summed E-state index contributed by atoms with van der Waals surface area (Å²) in [6.45, 7) is 10.5. The van der Waals surface area contributed by atoms with Crippen LogP contribution in [0.2, 0.25) is 0 Å². The van der Waals surface area contributed by atoms with Gasteiger partial charge >= 0.3 is 12.1 Å². The quantitative estimate of drug-likeness (QED) is 0.810. The molecule has 1 aliphatic heterocycles. The number of hydrogen-bond acceptors (Lipinski definition) is 5.